The predicted octanol–water partition coefficient (Wildman–Crippen LogP) is 6.05. The van der Waals surface area contributed by atoms with Gasteiger partial charge in [0.05, 0.1) is 12.1 Å². The Morgan fingerprint density at radius 2 is 1.71 bits per heavy atom. The van der Waals surface area contributed by atoms with Crippen molar-refractivity contribution in [2.24, 2.45) is 0 Å². The summed E-state index contributed by atoms with van der Waals surface area (Å²) in [6, 6.07) is 20.9. The molecule has 3 rings (SSSR count). The number of hydrogen-bond acceptors (Lipinski definition) is 3. The molecule has 6 heteroatoms. The van der Waals surface area contributed by atoms with Crippen LogP contribution in [-0.4, -0.2) is 12.1 Å². The van der Waals surface area contributed by atoms with Gasteiger partial charge in [-0.1, -0.05) is 65.8 Å². The SMILES string of the molecule is COc1ccc(CNC(=S)c2ccc(OCc3ccccc3Cl)c(Cl)c2)cc1. The Labute approximate surface area is 180 Å². The Balaban J connectivity index is 1.59. The van der Waals surface area contributed by atoms with E-state index in [2.05, 4.69) is 5.32 Å². The first-order valence-electron chi connectivity index (χ1n) is 8.63. The van der Waals surface area contributed by atoms with Crippen molar-refractivity contribution in [3.63, 3.8) is 0 Å². The number of benzene rings is 3. The highest BCUT2D eigenvalue weighted by atomic mass is 35.5. The van der Waals surface area contributed by atoms with Gasteiger partial charge in [0.15, 0.2) is 0 Å². The lowest BCUT2D eigenvalue weighted by Gasteiger charge is -2.12. The molecule has 0 fully saturated rings. The fourth-order valence-corrected chi connectivity index (χ4v) is 3.18. The molecule has 0 unspecified atom stereocenters. The number of halogens is 2. The second-order valence-corrected chi connectivity index (χ2v) is 7.28. The maximum Gasteiger partial charge on any atom is 0.138 e. The van der Waals surface area contributed by atoms with Crippen LogP contribution >= 0.6 is 35.4 Å². The molecule has 28 heavy (non-hydrogen) atoms. The highest BCUT2D eigenvalue weighted by Crippen LogP contribution is 2.27. The average Bonchev–Trinajstić information content (AvgIpc) is 2.72. The van der Waals surface area contributed by atoms with Crippen LogP contribution in [0.2, 0.25) is 10.0 Å². The van der Waals surface area contributed by atoms with E-state index in [1.54, 1.807) is 13.2 Å². The molecular weight excluding hydrogens is 413 g/mol. The van der Waals surface area contributed by atoms with Crippen LogP contribution in [0.15, 0.2) is 66.7 Å². The standard InChI is InChI=1S/C22H19Cl2NO2S/c1-26-18-9-6-15(7-10-18)13-25-22(28)16-8-11-21(20(24)12-16)27-14-17-4-2-3-5-19(17)23/h2-12H,13-14H2,1H3,(H,25,28). The van der Waals surface area contributed by atoms with Crippen molar-refractivity contribution in [1.29, 1.82) is 0 Å². The molecule has 0 aromatic heterocycles. The van der Waals surface area contributed by atoms with Gasteiger partial charge in [0, 0.05) is 22.7 Å². The monoisotopic (exact) mass is 431 g/mol. The largest absolute Gasteiger partial charge is 0.497 e. The molecule has 0 saturated carbocycles. The summed E-state index contributed by atoms with van der Waals surface area (Å²) in [7, 11) is 1.65. The molecule has 3 nitrogen and oxygen atoms in total. The highest BCUT2D eigenvalue weighted by molar-refractivity contribution is 7.80. The number of hydrogen-bond donors (Lipinski definition) is 1. The highest BCUT2D eigenvalue weighted by Gasteiger charge is 2.08. The van der Waals surface area contributed by atoms with E-state index >= 15 is 0 Å². The first-order valence-corrected chi connectivity index (χ1v) is 9.80. The molecule has 1 N–H and O–H groups in total. The number of methoxy groups -OCH3 is 1. The van der Waals surface area contributed by atoms with Gasteiger partial charge >= 0.3 is 0 Å². The summed E-state index contributed by atoms with van der Waals surface area (Å²) >= 11 is 18.0. The molecule has 0 spiro atoms. The van der Waals surface area contributed by atoms with Crippen molar-refractivity contribution in [3.8, 4) is 11.5 Å². The van der Waals surface area contributed by atoms with Crippen LogP contribution in [0.1, 0.15) is 16.7 Å². The third-order valence-corrected chi connectivity index (χ3v) is 5.19. The summed E-state index contributed by atoms with van der Waals surface area (Å²) in [6.07, 6.45) is 0. The molecule has 0 aliphatic rings. The normalized spacial score (nSPS) is 10.4. The molecule has 0 amide bonds. The van der Waals surface area contributed by atoms with E-state index in [9.17, 15) is 0 Å². The Kier molecular flexibility index (Phi) is 7.15. The van der Waals surface area contributed by atoms with Crippen molar-refractivity contribution < 1.29 is 9.47 Å². The van der Waals surface area contributed by atoms with Crippen molar-refractivity contribution >= 4 is 40.4 Å². The summed E-state index contributed by atoms with van der Waals surface area (Å²) in [5, 5.41) is 4.40. The zero-order valence-electron chi connectivity index (χ0n) is 15.2. The third kappa shape index (κ3) is 5.38. The van der Waals surface area contributed by atoms with E-state index in [0.717, 1.165) is 22.4 Å². The van der Waals surface area contributed by atoms with Crippen LogP contribution < -0.4 is 14.8 Å². The quantitative estimate of drug-likeness (QED) is 0.461. The lowest BCUT2D eigenvalue weighted by atomic mass is 10.2. The van der Waals surface area contributed by atoms with Gasteiger partial charge in [0.25, 0.3) is 0 Å². The van der Waals surface area contributed by atoms with E-state index in [4.69, 9.17) is 44.9 Å². The van der Waals surface area contributed by atoms with Gasteiger partial charge in [-0.25, -0.2) is 0 Å². The Hall–Kier alpha value is -2.27. The van der Waals surface area contributed by atoms with Crippen molar-refractivity contribution in [2.45, 2.75) is 13.2 Å². The van der Waals surface area contributed by atoms with Crippen molar-refractivity contribution in [1.82, 2.24) is 5.32 Å². The Morgan fingerprint density at radius 3 is 2.39 bits per heavy atom. The fourth-order valence-electron chi connectivity index (χ4n) is 2.56. The molecule has 144 valence electrons. The molecule has 0 aliphatic carbocycles. The maximum absolute atomic E-state index is 6.37. The minimum absolute atomic E-state index is 0.346. The molecule has 0 aliphatic heterocycles. The van der Waals surface area contributed by atoms with Crippen LogP contribution in [0.4, 0.5) is 0 Å². The van der Waals surface area contributed by atoms with Crippen molar-refractivity contribution in [3.05, 3.63) is 93.5 Å². The van der Waals surface area contributed by atoms with Gasteiger partial charge in [-0.15, -0.1) is 0 Å². The second kappa shape index (κ2) is 9.78. The summed E-state index contributed by atoms with van der Waals surface area (Å²) in [5.74, 6) is 1.41. The maximum atomic E-state index is 6.37. The summed E-state index contributed by atoms with van der Waals surface area (Å²) in [5.41, 5.74) is 2.84. The van der Waals surface area contributed by atoms with E-state index in [1.165, 1.54) is 0 Å². The molecule has 0 heterocycles. The fraction of sp³-hybridized carbons (Fsp3) is 0.136. The first kappa shape index (κ1) is 20.5. The number of thiocarbonyl (C=S) groups is 1. The first-order chi connectivity index (χ1) is 13.6. The minimum atomic E-state index is 0.346. The second-order valence-electron chi connectivity index (χ2n) is 6.06. The van der Waals surface area contributed by atoms with Gasteiger partial charge < -0.3 is 14.8 Å². The third-order valence-electron chi connectivity index (χ3n) is 4.15. The molecule has 3 aromatic rings. The van der Waals surface area contributed by atoms with E-state index in [1.807, 2.05) is 60.7 Å². The number of rotatable bonds is 7. The molecule has 0 radical (unpaired) electrons. The average molecular weight is 432 g/mol. The van der Waals surface area contributed by atoms with Gasteiger partial charge in [-0.05, 0) is 42.0 Å². The minimum Gasteiger partial charge on any atom is -0.497 e. The Bertz CT molecular complexity index is 961. The van der Waals surface area contributed by atoms with Crippen LogP contribution in [0, 0.1) is 0 Å². The van der Waals surface area contributed by atoms with E-state index < -0.39 is 0 Å². The predicted molar refractivity (Wildman–Crippen MR) is 119 cm³/mol. The van der Waals surface area contributed by atoms with Gasteiger partial charge in [-0.2, -0.15) is 0 Å². The van der Waals surface area contributed by atoms with Crippen LogP contribution in [0.25, 0.3) is 0 Å². The zero-order chi connectivity index (χ0) is 19.9. The molecule has 0 bridgehead atoms. The molecule has 3 aromatic carbocycles. The van der Waals surface area contributed by atoms with E-state index in [-0.39, 0.29) is 0 Å². The summed E-state index contributed by atoms with van der Waals surface area (Å²) in [6.45, 7) is 0.962. The van der Waals surface area contributed by atoms with Crippen LogP contribution in [0.5, 0.6) is 11.5 Å². The Morgan fingerprint density at radius 1 is 0.964 bits per heavy atom. The number of nitrogens with one attached hydrogen (secondary N) is 1. The summed E-state index contributed by atoms with van der Waals surface area (Å²) < 4.78 is 11.0. The van der Waals surface area contributed by atoms with Gasteiger partial charge in [0.1, 0.15) is 23.1 Å². The molecule has 0 atom stereocenters. The van der Waals surface area contributed by atoms with E-state index in [0.29, 0.717) is 33.9 Å². The van der Waals surface area contributed by atoms with Crippen LogP contribution in [-0.2, 0) is 13.2 Å². The van der Waals surface area contributed by atoms with Gasteiger partial charge in [0.2, 0.25) is 0 Å². The summed E-state index contributed by atoms with van der Waals surface area (Å²) in [4.78, 5) is 0.621. The van der Waals surface area contributed by atoms with Gasteiger partial charge in [-0.3, -0.25) is 0 Å². The number of ether oxygens (including phenoxy) is 2. The smallest absolute Gasteiger partial charge is 0.138 e. The lowest BCUT2D eigenvalue weighted by molar-refractivity contribution is 0.306. The lowest BCUT2D eigenvalue weighted by Crippen LogP contribution is -2.21. The molecule has 0 saturated heterocycles. The zero-order valence-corrected chi connectivity index (χ0v) is 17.6. The van der Waals surface area contributed by atoms with Crippen LogP contribution in [0.3, 0.4) is 0 Å². The topological polar surface area (TPSA) is 30.5 Å². The van der Waals surface area contributed by atoms with Crippen molar-refractivity contribution in [2.75, 3.05) is 7.11 Å². The molecular formula is C22H19Cl2NO2S.